The number of nitrogens with one attached hydrogen (secondary N) is 1. The lowest BCUT2D eigenvalue weighted by atomic mass is 10.1. The summed E-state index contributed by atoms with van der Waals surface area (Å²) < 4.78 is 18.5. The minimum atomic E-state index is -2.57. The molecule has 0 radical (unpaired) electrons. The van der Waals surface area contributed by atoms with E-state index in [4.69, 9.17) is 13.9 Å². The van der Waals surface area contributed by atoms with Crippen LogP contribution in [0, 0.1) is 0 Å². The van der Waals surface area contributed by atoms with Crippen molar-refractivity contribution in [1.29, 1.82) is 0 Å². The number of benzene rings is 2. The van der Waals surface area contributed by atoms with Crippen molar-refractivity contribution in [2.24, 2.45) is 0 Å². The zero-order chi connectivity index (χ0) is 24.1. The van der Waals surface area contributed by atoms with E-state index in [1.165, 1.54) is 10.4 Å². The average molecular weight is 470 g/mol. The molecule has 0 aliphatic carbocycles. The Labute approximate surface area is 200 Å². The van der Waals surface area contributed by atoms with E-state index < -0.39 is 20.0 Å². The van der Waals surface area contributed by atoms with Crippen LogP contribution in [0.25, 0.3) is 0 Å². The molecule has 0 bridgehead atoms. The van der Waals surface area contributed by atoms with Gasteiger partial charge in [0.1, 0.15) is 5.60 Å². The minimum absolute atomic E-state index is 0.00309. The molecule has 180 valence electrons. The van der Waals surface area contributed by atoms with Crippen LogP contribution >= 0.6 is 0 Å². The quantitative estimate of drug-likeness (QED) is 0.627. The molecule has 2 aromatic rings. The molecule has 5 nitrogen and oxygen atoms in total. The van der Waals surface area contributed by atoms with E-state index in [0.717, 1.165) is 12.8 Å². The van der Waals surface area contributed by atoms with Crippen molar-refractivity contribution in [3.63, 3.8) is 0 Å². The van der Waals surface area contributed by atoms with E-state index in [9.17, 15) is 4.79 Å². The summed E-state index contributed by atoms with van der Waals surface area (Å²) in [5.41, 5.74) is -0.508. The van der Waals surface area contributed by atoms with Crippen molar-refractivity contribution in [3.8, 4) is 0 Å². The third kappa shape index (κ3) is 6.46. The average Bonchev–Trinajstić information content (AvgIpc) is 2.74. The van der Waals surface area contributed by atoms with Crippen LogP contribution in [0.3, 0.4) is 0 Å². The van der Waals surface area contributed by atoms with E-state index in [-0.39, 0.29) is 17.2 Å². The van der Waals surface area contributed by atoms with Crippen LogP contribution in [0.15, 0.2) is 60.7 Å². The SMILES string of the molecule is CC(C)(C)OC(=O)N[C@@H]1CC[C@@H](CO[Si](c2ccccc2)(c2ccccc2)C(C)(C)C)OC1. The maximum absolute atomic E-state index is 12.1. The molecule has 1 heterocycles. The molecule has 0 aromatic heterocycles. The number of alkyl carbamates (subject to hydrolysis) is 1. The Morgan fingerprint density at radius 2 is 1.48 bits per heavy atom. The van der Waals surface area contributed by atoms with Gasteiger partial charge in [-0.1, -0.05) is 81.4 Å². The van der Waals surface area contributed by atoms with Crippen molar-refractivity contribution in [3.05, 3.63) is 60.7 Å². The number of hydrogen-bond donors (Lipinski definition) is 1. The van der Waals surface area contributed by atoms with E-state index in [1.807, 2.05) is 20.8 Å². The summed E-state index contributed by atoms with van der Waals surface area (Å²) in [4.78, 5) is 12.1. The molecular weight excluding hydrogens is 430 g/mol. The van der Waals surface area contributed by atoms with Crippen LogP contribution in [0.1, 0.15) is 54.4 Å². The van der Waals surface area contributed by atoms with Gasteiger partial charge in [0.25, 0.3) is 8.32 Å². The van der Waals surface area contributed by atoms with Gasteiger partial charge < -0.3 is 19.2 Å². The lowest BCUT2D eigenvalue weighted by Crippen LogP contribution is -2.67. The van der Waals surface area contributed by atoms with Crippen LogP contribution in [-0.2, 0) is 13.9 Å². The Hall–Kier alpha value is -2.15. The van der Waals surface area contributed by atoms with Crippen LogP contribution in [0.5, 0.6) is 0 Å². The highest BCUT2D eigenvalue weighted by Crippen LogP contribution is 2.37. The molecule has 2 atom stereocenters. The van der Waals surface area contributed by atoms with Gasteiger partial charge in [-0.3, -0.25) is 0 Å². The summed E-state index contributed by atoms with van der Waals surface area (Å²) in [6.07, 6.45) is 1.29. The van der Waals surface area contributed by atoms with Crippen LogP contribution in [0.2, 0.25) is 5.04 Å². The predicted molar refractivity (Wildman–Crippen MR) is 136 cm³/mol. The van der Waals surface area contributed by atoms with Gasteiger partial charge in [-0.05, 0) is 49.0 Å². The van der Waals surface area contributed by atoms with Gasteiger partial charge in [0.2, 0.25) is 0 Å². The van der Waals surface area contributed by atoms with Gasteiger partial charge in [-0.15, -0.1) is 0 Å². The third-order valence-corrected chi connectivity index (χ3v) is 11.0. The summed E-state index contributed by atoms with van der Waals surface area (Å²) in [7, 11) is -2.57. The fourth-order valence-corrected chi connectivity index (χ4v) is 9.10. The number of carbonyl (C=O) groups excluding carboxylic acids is 1. The van der Waals surface area contributed by atoms with Crippen molar-refractivity contribution >= 4 is 24.8 Å². The van der Waals surface area contributed by atoms with Gasteiger partial charge in [-0.25, -0.2) is 4.79 Å². The Balaban J connectivity index is 1.71. The Kier molecular flexibility index (Phi) is 8.03. The topological polar surface area (TPSA) is 56.8 Å². The molecule has 1 N–H and O–H groups in total. The Bertz CT molecular complexity index is 842. The molecular formula is C27H39NO4Si. The molecule has 3 rings (SSSR count). The minimum Gasteiger partial charge on any atom is -0.444 e. The highest BCUT2D eigenvalue weighted by Gasteiger charge is 2.50. The van der Waals surface area contributed by atoms with Gasteiger partial charge in [0, 0.05) is 0 Å². The Morgan fingerprint density at radius 1 is 0.939 bits per heavy atom. The monoisotopic (exact) mass is 469 g/mol. The first kappa shape index (κ1) is 25.5. The van der Waals surface area contributed by atoms with E-state index in [1.54, 1.807) is 0 Å². The molecule has 1 amide bonds. The third-order valence-electron chi connectivity index (χ3n) is 5.99. The summed E-state index contributed by atoms with van der Waals surface area (Å²) in [6.45, 7) is 13.4. The molecule has 0 spiro atoms. The van der Waals surface area contributed by atoms with Crippen LogP contribution < -0.4 is 15.7 Å². The molecule has 1 aliphatic rings. The summed E-state index contributed by atoms with van der Waals surface area (Å²) in [5.74, 6) is 0. The second-order valence-corrected chi connectivity index (χ2v) is 15.2. The normalized spacial score (nSPS) is 19.7. The first-order chi connectivity index (χ1) is 15.5. The number of amides is 1. The van der Waals surface area contributed by atoms with Gasteiger partial charge in [0.15, 0.2) is 0 Å². The maximum atomic E-state index is 12.1. The molecule has 0 unspecified atom stereocenters. The number of rotatable bonds is 6. The molecule has 0 saturated carbocycles. The summed E-state index contributed by atoms with van der Waals surface area (Å²) in [6, 6.07) is 21.3. The number of ether oxygens (including phenoxy) is 2. The molecule has 1 fully saturated rings. The fraction of sp³-hybridized carbons (Fsp3) is 0.519. The highest BCUT2D eigenvalue weighted by atomic mass is 28.4. The molecule has 6 heteroatoms. The molecule has 2 aromatic carbocycles. The zero-order valence-electron chi connectivity index (χ0n) is 20.9. The lowest BCUT2D eigenvalue weighted by molar-refractivity contribution is -0.0303. The van der Waals surface area contributed by atoms with E-state index in [2.05, 4.69) is 86.8 Å². The Morgan fingerprint density at radius 3 is 1.91 bits per heavy atom. The largest absolute Gasteiger partial charge is 0.444 e. The molecule has 1 saturated heterocycles. The fourth-order valence-electron chi connectivity index (χ4n) is 4.51. The first-order valence-corrected chi connectivity index (χ1v) is 13.8. The summed E-state index contributed by atoms with van der Waals surface area (Å²) in [5, 5.41) is 5.40. The summed E-state index contributed by atoms with van der Waals surface area (Å²) >= 11 is 0. The van der Waals surface area contributed by atoms with Crippen LogP contribution in [0.4, 0.5) is 4.79 Å². The number of hydrogen-bond acceptors (Lipinski definition) is 4. The van der Waals surface area contributed by atoms with Crippen LogP contribution in [-0.4, -0.2) is 45.4 Å². The highest BCUT2D eigenvalue weighted by molar-refractivity contribution is 6.99. The van der Waals surface area contributed by atoms with E-state index >= 15 is 0 Å². The van der Waals surface area contributed by atoms with Crippen molar-refractivity contribution in [2.75, 3.05) is 13.2 Å². The predicted octanol–water partition coefficient (Wildman–Crippen LogP) is 4.64. The molecule has 33 heavy (non-hydrogen) atoms. The number of carbonyl (C=O) groups is 1. The standard InChI is InChI=1S/C27H39NO4Si/c1-26(2,3)32-25(29)28-21-17-18-22(30-19-21)20-31-33(27(4,5)6,23-13-9-7-10-14-23)24-15-11-8-12-16-24/h7-16,21-22H,17-20H2,1-6H3,(H,28,29)/t21-,22+/m1/s1. The van der Waals surface area contributed by atoms with Crippen molar-refractivity contribution < 1.29 is 18.7 Å². The van der Waals surface area contributed by atoms with E-state index in [0.29, 0.717) is 13.2 Å². The first-order valence-electron chi connectivity index (χ1n) is 11.9. The second-order valence-electron chi connectivity index (χ2n) is 10.9. The maximum Gasteiger partial charge on any atom is 0.407 e. The smallest absolute Gasteiger partial charge is 0.407 e. The van der Waals surface area contributed by atoms with Gasteiger partial charge in [-0.2, -0.15) is 0 Å². The zero-order valence-corrected chi connectivity index (χ0v) is 21.9. The molecule has 1 aliphatic heterocycles. The second kappa shape index (κ2) is 10.4. The lowest BCUT2D eigenvalue weighted by Gasteiger charge is -2.44. The van der Waals surface area contributed by atoms with Gasteiger partial charge >= 0.3 is 6.09 Å². The van der Waals surface area contributed by atoms with Crippen molar-refractivity contribution in [2.45, 2.75) is 77.2 Å². The van der Waals surface area contributed by atoms with Gasteiger partial charge in [0.05, 0.1) is 25.4 Å². The van der Waals surface area contributed by atoms with Crippen molar-refractivity contribution in [1.82, 2.24) is 5.32 Å².